The second kappa shape index (κ2) is 17.6. The van der Waals surface area contributed by atoms with Crippen molar-refractivity contribution >= 4 is 77.4 Å². The SMILES string of the molecule is O=P(OCCN(CCl)CCl)(OCCN(CCl)CCl)OCCN(CCl)CCl. The molecule has 0 atom stereocenters. The Bertz CT molecular complexity index is 327. The summed E-state index contributed by atoms with van der Waals surface area (Å²) in [5, 5.41) is 0. The maximum Gasteiger partial charge on any atom is 0.474 e. The number of phosphoric acid groups is 1. The normalized spacial score (nSPS) is 12.7. The molecule has 0 aliphatic rings. The zero-order chi connectivity index (χ0) is 19.8. The summed E-state index contributed by atoms with van der Waals surface area (Å²) in [4.78, 5) is 5.04. The first-order valence-corrected chi connectivity index (χ1v) is 12.2. The number of nitrogens with zero attached hydrogens (tertiary/aromatic N) is 3. The summed E-state index contributed by atoms with van der Waals surface area (Å²) in [5.41, 5.74) is 0. The second-order valence-electron chi connectivity index (χ2n) is 4.85. The Morgan fingerprint density at radius 2 is 0.769 bits per heavy atom. The van der Waals surface area contributed by atoms with E-state index in [1.165, 1.54) is 0 Å². The molecule has 26 heavy (non-hydrogen) atoms. The predicted octanol–water partition coefficient (Wildman–Crippen LogP) is 4.23. The van der Waals surface area contributed by atoms with Crippen molar-refractivity contribution in [3.05, 3.63) is 0 Å². The number of halogens is 6. The van der Waals surface area contributed by atoms with Gasteiger partial charge in [0.25, 0.3) is 0 Å². The molecule has 14 heteroatoms. The van der Waals surface area contributed by atoms with Crippen LogP contribution in [-0.2, 0) is 18.1 Å². The van der Waals surface area contributed by atoms with Crippen molar-refractivity contribution in [2.45, 2.75) is 0 Å². The van der Waals surface area contributed by atoms with E-state index in [1.54, 1.807) is 14.7 Å². The smallest absolute Gasteiger partial charge is 0.286 e. The van der Waals surface area contributed by atoms with E-state index in [9.17, 15) is 4.57 Å². The lowest BCUT2D eigenvalue weighted by atomic mass is 10.6. The zero-order valence-corrected chi connectivity index (χ0v) is 19.6. The molecule has 0 N–H and O–H groups in total. The maximum absolute atomic E-state index is 12.8. The molecule has 7 nitrogen and oxygen atoms in total. The molecule has 0 radical (unpaired) electrons. The first-order valence-electron chi connectivity index (χ1n) is 7.55. The third-order valence-electron chi connectivity index (χ3n) is 2.98. The molecule has 0 spiro atoms. The van der Waals surface area contributed by atoms with E-state index in [-0.39, 0.29) is 55.8 Å². The molecule has 0 saturated carbocycles. The summed E-state index contributed by atoms with van der Waals surface area (Å²) in [7, 11) is -3.79. The summed E-state index contributed by atoms with van der Waals surface area (Å²) < 4.78 is 28.8. The lowest BCUT2D eigenvalue weighted by Gasteiger charge is -2.23. The van der Waals surface area contributed by atoms with Crippen LogP contribution < -0.4 is 0 Å². The summed E-state index contributed by atoms with van der Waals surface area (Å²) >= 11 is 34.3. The minimum absolute atomic E-state index is 0.0696. The lowest BCUT2D eigenvalue weighted by Crippen LogP contribution is -2.27. The van der Waals surface area contributed by atoms with Gasteiger partial charge in [-0.15, -0.1) is 69.6 Å². The van der Waals surface area contributed by atoms with Crippen LogP contribution in [0.2, 0.25) is 0 Å². The van der Waals surface area contributed by atoms with Gasteiger partial charge < -0.3 is 0 Å². The van der Waals surface area contributed by atoms with Crippen molar-refractivity contribution < 1.29 is 18.1 Å². The quantitative estimate of drug-likeness (QED) is 0.153. The zero-order valence-electron chi connectivity index (χ0n) is 14.2. The fourth-order valence-corrected chi connectivity index (χ4v) is 4.03. The molecule has 0 aliphatic carbocycles. The largest absolute Gasteiger partial charge is 0.474 e. The molecule has 0 saturated heterocycles. The monoisotopic (exact) mass is 515 g/mol. The van der Waals surface area contributed by atoms with Gasteiger partial charge in [0.05, 0.1) is 55.8 Å². The van der Waals surface area contributed by atoms with Crippen LogP contribution in [0.1, 0.15) is 0 Å². The van der Waals surface area contributed by atoms with Gasteiger partial charge in [0, 0.05) is 19.6 Å². The molecule has 0 rings (SSSR count). The van der Waals surface area contributed by atoms with Gasteiger partial charge in [-0.1, -0.05) is 0 Å². The van der Waals surface area contributed by atoms with Gasteiger partial charge in [-0.3, -0.25) is 28.3 Å². The predicted molar refractivity (Wildman–Crippen MR) is 110 cm³/mol. The van der Waals surface area contributed by atoms with Gasteiger partial charge in [0.2, 0.25) is 0 Å². The molecule has 158 valence electrons. The molecule has 0 aromatic carbocycles. The van der Waals surface area contributed by atoms with Gasteiger partial charge in [0.1, 0.15) is 0 Å². The highest BCUT2D eigenvalue weighted by Gasteiger charge is 2.27. The van der Waals surface area contributed by atoms with Gasteiger partial charge in [-0.05, 0) is 0 Å². The first kappa shape index (κ1) is 27.7. The van der Waals surface area contributed by atoms with E-state index in [0.29, 0.717) is 19.6 Å². The van der Waals surface area contributed by atoms with Crippen LogP contribution in [0.25, 0.3) is 0 Å². The Labute approximate surface area is 185 Å². The van der Waals surface area contributed by atoms with Crippen LogP contribution in [0.5, 0.6) is 0 Å². The summed E-state index contributed by atoms with van der Waals surface area (Å²) in [6.07, 6.45) is 0. The topological polar surface area (TPSA) is 54.5 Å². The molecule has 0 aromatic heterocycles. The number of hydrogen-bond donors (Lipinski definition) is 0. The molecular weight excluding hydrogens is 494 g/mol. The fraction of sp³-hybridized carbons (Fsp3) is 1.00. The molecule has 0 aliphatic heterocycles. The summed E-state index contributed by atoms with van der Waals surface area (Å²) in [5.74, 6) is 0. The first-order chi connectivity index (χ1) is 12.5. The third kappa shape index (κ3) is 13.0. The molecule has 0 bridgehead atoms. The van der Waals surface area contributed by atoms with Crippen molar-refractivity contribution in [1.29, 1.82) is 0 Å². The highest BCUT2D eigenvalue weighted by Crippen LogP contribution is 2.49. The standard InChI is InChI=1S/C12H24Cl6N3O4P/c13-7-19(8-14)1-4-23-26(22,24-5-2-20(9-15)10-16)25-6-3-21(11-17)12-18/h1-12H2. The Kier molecular flexibility index (Phi) is 18.7. The molecular formula is C12H24Cl6N3O4P. The molecule has 0 aromatic rings. The number of alkyl halides is 6. The van der Waals surface area contributed by atoms with E-state index >= 15 is 0 Å². The van der Waals surface area contributed by atoms with Crippen molar-refractivity contribution in [1.82, 2.24) is 14.7 Å². The van der Waals surface area contributed by atoms with Crippen LogP contribution in [0.15, 0.2) is 0 Å². The second-order valence-corrected chi connectivity index (χ2v) is 7.95. The average Bonchev–Trinajstić information content (AvgIpc) is 2.66. The number of phosphoric ester groups is 1. The minimum Gasteiger partial charge on any atom is -0.286 e. The maximum atomic E-state index is 12.8. The van der Waals surface area contributed by atoms with Crippen molar-refractivity contribution in [2.75, 3.05) is 75.5 Å². The van der Waals surface area contributed by atoms with E-state index in [2.05, 4.69) is 0 Å². The molecule has 0 amide bonds. The third-order valence-corrected chi connectivity index (χ3v) is 6.51. The van der Waals surface area contributed by atoms with Gasteiger partial charge in [0.15, 0.2) is 0 Å². The lowest BCUT2D eigenvalue weighted by molar-refractivity contribution is 0.0942. The summed E-state index contributed by atoms with van der Waals surface area (Å²) in [6.45, 7) is 1.32. The Balaban J connectivity index is 4.55. The van der Waals surface area contributed by atoms with Crippen molar-refractivity contribution in [3.63, 3.8) is 0 Å². The van der Waals surface area contributed by atoms with E-state index < -0.39 is 7.82 Å². The minimum atomic E-state index is -3.79. The van der Waals surface area contributed by atoms with Crippen LogP contribution in [0.4, 0.5) is 0 Å². The Morgan fingerprint density at radius 1 is 0.538 bits per heavy atom. The van der Waals surface area contributed by atoms with Crippen molar-refractivity contribution in [2.24, 2.45) is 0 Å². The van der Waals surface area contributed by atoms with Gasteiger partial charge in [-0.25, -0.2) is 4.57 Å². The van der Waals surface area contributed by atoms with E-state index in [1.807, 2.05) is 0 Å². The molecule has 0 heterocycles. The van der Waals surface area contributed by atoms with Gasteiger partial charge in [-0.2, -0.15) is 0 Å². The Hall–Kier alpha value is 1.73. The number of rotatable bonds is 18. The van der Waals surface area contributed by atoms with E-state index in [4.69, 9.17) is 83.2 Å². The fourth-order valence-electron chi connectivity index (χ4n) is 1.41. The highest BCUT2D eigenvalue weighted by atomic mass is 35.5. The van der Waals surface area contributed by atoms with Crippen LogP contribution >= 0.6 is 77.4 Å². The number of hydrogen-bond acceptors (Lipinski definition) is 7. The molecule has 0 unspecified atom stereocenters. The Morgan fingerprint density at radius 3 is 0.962 bits per heavy atom. The van der Waals surface area contributed by atoms with Gasteiger partial charge >= 0.3 is 7.82 Å². The van der Waals surface area contributed by atoms with E-state index in [0.717, 1.165) is 0 Å². The highest BCUT2D eigenvalue weighted by molar-refractivity contribution is 7.48. The van der Waals surface area contributed by atoms with Crippen molar-refractivity contribution in [3.8, 4) is 0 Å². The van der Waals surface area contributed by atoms with Crippen LogP contribution in [0, 0.1) is 0 Å². The van der Waals surface area contributed by atoms with Crippen LogP contribution in [0.3, 0.4) is 0 Å². The molecule has 0 fully saturated rings. The summed E-state index contributed by atoms with van der Waals surface area (Å²) in [6, 6.07) is 1.33. The average molecular weight is 518 g/mol. The van der Waals surface area contributed by atoms with Crippen LogP contribution in [-0.4, -0.2) is 90.2 Å².